The molecule has 2 rings (SSSR count). The van der Waals surface area contributed by atoms with Gasteiger partial charge >= 0.3 is 0 Å². The van der Waals surface area contributed by atoms with Gasteiger partial charge in [-0.1, -0.05) is 0 Å². The number of carbonyl (C=O) groups excluding carboxylic acids is 1. The van der Waals surface area contributed by atoms with Crippen molar-refractivity contribution in [3.63, 3.8) is 0 Å². The van der Waals surface area contributed by atoms with Crippen LogP contribution in [0.2, 0.25) is 0 Å². The highest BCUT2D eigenvalue weighted by Crippen LogP contribution is 2.26. The summed E-state index contributed by atoms with van der Waals surface area (Å²) >= 11 is 0. The Morgan fingerprint density at radius 2 is 2.25 bits per heavy atom. The largest absolute Gasteiger partial charge is 0.377 e. The minimum atomic E-state index is 0.167. The molecule has 1 saturated heterocycles. The van der Waals surface area contributed by atoms with Gasteiger partial charge in [0.05, 0.1) is 6.10 Å². The van der Waals surface area contributed by atoms with E-state index in [2.05, 4.69) is 0 Å². The third kappa shape index (κ3) is 2.74. The summed E-state index contributed by atoms with van der Waals surface area (Å²) in [5, 5.41) is 0. The smallest absolute Gasteiger partial charge is 0.225 e. The van der Waals surface area contributed by atoms with Crippen molar-refractivity contribution in [2.24, 2.45) is 11.7 Å². The summed E-state index contributed by atoms with van der Waals surface area (Å²) < 4.78 is 5.55. The Bertz CT molecular complexity index is 257. The third-order valence-corrected chi connectivity index (χ3v) is 3.59. The molecule has 2 N–H and O–H groups in total. The number of amides is 1. The van der Waals surface area contributed by atoms with Crippen molar-refractivity contribution < 1.29 is 9.53 Å². The molecule has 0 bridgehead atoms. The van der Waals surface area contributed by atoms with Gasteiger partial charge in [-0.2, -0.15) is 0 Å². The number of hydrogen-bond donors (Lipinski definition) is 1. The van der Waals surface area contributed by atoms with Crippen LogP contribution in [0.5, 0.6) is 0 Å². The molecule has 92 valence electrons. The molecule has 2 aliphatic rings. The highest BCUT2D eigenvalue weighted by atomic mass is 16.5. The number of hydrogen-bond acceptors (Lipinski definition) is 3. The van der Waals surface area contributed by atoms with Crippen molar-refractivity contribution in [2.45, 2.75) is 44.8 Å². The van der Waals surface area contributed by atoms with E-state index in [1.165, 1.54) is 0 Å². The van der Waals surface area contributed by atoms with Crippen LogP contribution >= 0.6 is 0 Å². The van der Waals surface area contributed by atoms with Gasteiger partial charge in [-0.05, 0) is 32.6 Å². The summed E-state index contributed by atoms with van der Waals surface area (Å²) in [6.07, 6.45) is 3.95. The SMILES string of the molecule is CC1CN(C(=O)C2CCC(N)C2)CCCO1. The molecule has 3 unspecified atom stereocenters. The molecule has 1 saturated carbocycles. The fraction of sp³-hybridized carbons (Fsp3) is 0.917. The molecule has 0 aromatic rings. The second-order valence-corrected chi connectivity index (χ2v) is 5.09. The first-order valence-corrected chi connectivity index (χ1v) is 6.33. The van der Waals surface area contributed by atoms with Crippen LogP contribution in [0, 0.1) is 5.92 Å². The van der Waals surface area contributed by atoms with Gasteiger partial charge in [0.2, 0.25) is 5.91 Å². The molecule has 1 amide bonds. The Kier molecular flexibility index (Phi) is 3.82. The molecule has 0 spiro atoms. The second kappa shape index (κ2) is 5.15. The van der Waals surface area contributed by atoms with Gasteiger partial charge in [-0.25, -0.2) is 0 Å². The minimum absolute atomic E-state index is 0.167. The molecule has 4 heteroatoms. The fourth-order valence-electron chi connectivity index (χ4n) is 2.69. The van der Waals surface area contributed by atoms with Crippen LogP contribution in [0.15, 0.2) is 0 Å². The van der Waals surface area contributed by atoms with Crippen molar-refractivity contribution in [1.29, 1.82) is 0 Å². The predicted molar refractivity (Wildman–Crippen MR) is 61.9 cm³/mol. The molecule has 0 aromatic carbocycles. The summed E-state index contributed by atoms with van der Waals surface area (Å²) in [5.74, 6) is 0.464. The third-order valence-electron chi connectivity index (χ3n) is 3.59. The van der Waals surface area contributed by atoms with Crippen LogP contribution in [0.1, 0.15) is 32.6 Å². The summed E-state index contributed by atoms with van der Waals surface area (Å²) in [6, 6.07) is 0.231. The summed E-state index contributed by atoms with van der Waals surface area (Å²) in [5.41, 5.74) is 5.86. The Labute approximate surface area is 97.1 Å². The normalized spacial score (nSPS) is 36.1. The molecule has 16 heavy (non-hydrogen) atoms. The molecular weight excluding hydrogens is 204 g/mol. The summed E-state index contributed by atoms with van der Waals surface area (Å²) in [7, 11) is 0. The van der Waals surface area contributed by atoms with Gasteiger partial charge in [0.1, 0.15) is 0 Å². The maximum atomic E-state index is 12.3. The first kappa shape index (κ1) is 11.9. The van der Waals surface area contributed by atoms with Gasteiger partial charge < -0.3 is 15.4 Å². The maximum Gasteiger partial charge on any atom is 0.225 e. The average Bonchev–Trinajstić information content (AvgIpc) is 2.56. The molecule has 1 heterocycles. The van der Waals surface area contributed by atoms with Crippen molar-refractivity contribution >= 4 is 5.91 Å². The minimum Gasteiger partial charge on any atom is -0.377 e. The van der Waals surface area contributed by atoms with E-state index in [4.69, 9.17) is 10.5 Å². The lowest BCUT2D eigenvalue weighted by molar-refractivity contribution is -0.136. The zero-order valence-corrected chi connectivity index (χ0v) is 10.0. The highest BCUT2D eigenvalue weighted by Gasteiger charge is 2.32. The zero-order chi connectivity index (χ0) is 11.5. The molecule has 0 radical (unpaired) electrons. The molecule has 0 aromatic heterocycles. The van der Waals surface area contributed by atoms with Gasteiger partial charge in [-0.3, -0.25) is 4.79 Å². The number of rotatable bonds is 1. The zero-order valence-electron chi connectivity index (χ0n) is 10.0. The topological polar surface area (TPSA) is 55.6 Å². The van der Waals surface area contributed by atoms with E-state index in [9.17, 15) is 4.79 Å². The lowest BCUT2D eigenvalue weighted by atomic mass is 10.1. The van der Waals surface area contributed by atoms with Gasteiger partial charge in [0.25, 0.3) is 0 Å². The lowest BCUT2D eigenvalue weighted by Crippen LogP contribution is -2.39. The van der Waals surface area contributed by atoms with E-state index in [1.807, 2.05) is 11.8 Å². The standard InChI is InChI=1S/C12H22N2O2/c1-9-8-14(5-2-6-16-9)12(15)10-3-4-11(13)7-10/h9-11H,2-8,13H2,1H3. The molecule has 1 aliphatic carbocycles. The lowest BCUT2D eigenvalue weighted by Gasteiger charge is -2.25. The van der Waals surface area contributed by atoms with Crippen molar-refractivity contribution in [2.75, 3.05) is 19.7 Å². The van der Waals surface area contributed by atoms with Crippen LogP contribution in [0.3, 0.4) is 0 Å². The number of nitrogens with two attached hydrogens (primary N) is 1. The van der Waals surface area contributed by atoms with Crippen LogP contribution in [0.4, 0.5) is 0 Å². The quantitative estimate of drug-likeness (QED) is 0.718. The Balaban J connectivity index is 1.92. The molecule has 2 fully saturated rings. The first-order chi connectivity index (χ1) is 7.66. The van der Waals surface area contributed by atoms with E-state index < -0.39 is 0 Å². The van der Waals surface area contributed by atoms with Crippen LogP contribution in [-0.2, 0) is 9.53 Å². The fourth-order valence-corrected chi connectivity index (χ4v) is 2.69. The Morgan fingerprint density at radius 3 is 2.94 bits per heavy atom. The monoisotopic (exact) mass is 226 g/mol. The van der Waals surface area contributed by atoms with Gasteiger partial charge in [0.15, 0.2) is 0 Å². The average molecular weight is 226 g/mol. The van der Waals surface area contributed by atoms with Crippen LogP contribution in [-0.4, -0.2) is 42.6 Å². The van der Waals surface area contributed by atoms with E-state index in [0.717, 1.165) is 45.4 Å². The highest BCUT2D eigenvalue weighted by molar-refractivity contribution is 5.79. The van der Waals surface area contributed by atoms with E-state index in [1.54, 1.807) is 0 Å². The second-order valence-electron chi connectivity index (χ2n) is 5.09. The van der Waals surface area contributed by atoms with E-state index in [-0.39, 0.29) is 18.1 Å². The van der Waals surface area contributed by atoms with Crippen molar-refractivity contribution in [3.05, 3.63) is 0 Å². The van der Waals surface area contributed by atoms with Crippen molar-refractivity contribution in [1.82, 2.24) is 4.90 Å². The van der Waals surface area contributed by atoms with Crippen LogP contribution in [0.25, 0.3) is 0 Å². The van der Waals surface area contributed by atoms with Gasteiger partial charge in [0, 0.05) is 31.7 Å². The number of carbonyl (C=O) groups is 1. The molecule has 4 nitrogen and oxygen atoms in total. The Morgan fingerprint density at radius 1 is 1.44 bits per heavy atom. The summed E-state index contributed by atoms with van der Waals surface area (Å²) in [4.78, 5) is 14.2. The molecular formula is C12H22N2O2. The molecule has 1 aliphatic heterocycles. The summed E-state index contributed by atoms with van der Waals surface area (Å²) in [6.45, 7) is 4.39. The number of nitrogens with zero attached hydrogens (tertiary/aromatic N) is 1. The molecule has 3 atom stereocenters. The van der Waals surface area contributed by atoms with Gasteiger partial charge in [-0.15, -0.1) is 0 Å². The van der Waals surface area contributed by atoms with E-state index in [0.29, 0.717) is 5.91 Å². The predicted octanol–water partition coefficient (Wildman–Crippen LogP) is 0.751. The maximum absolute atomic E-state index is 12.3. The first-order valence-electron chi connectivity index (χ1n) is 6.33. The number of ether oxygens (including phenoxy) is 1. The van der Waals surface area contributed by atoms with E-state index >= 15 is 0 Å². The van der Waals surface area contributed by atoms with Crippen LogP contribution < -0.4 is 5.73 Å². The van der Waals surface area contributed by atoms with Crippen molar-refractivity contribution in [3.8, 4) is 0 Å². The Hall–Kier alpha value is -0.610.